The van der Waals surface area contributed by atoms with Crippen molar-refractivity contribution in [2.75, 3.05) is 13.7 Å². The molecule has 208 valence electrons. The van der Waals surface area contributed by atoms with E-state index in [1.54, 1.807) is 27.9 Å². The molecule has 9 nitrogen and oxygen atoms in total. The average Bonchev–Trinajstić information content (AvgIpc) is 2.86. The molecule has 0 spiro atoms. The number of nitrogens with one attached hydrogen (secondary N) is 2. The summed E-state index contributed by atoms with van der Waals surface area (Å²) in [5.74, 6) is -1.76. The van der Waals surface area contributed by atoms with Crippen LogP contribution >= 0.6 is 0 Å². The minimum atomic E-state index is -1.44. The summed E-state index contributed by atoms with van der Waals surface area (Å²) in [5.41, 5.74) is -0.104. The summed E-state index contributed by atoms with van der Waals surface area (Å²) >= 11 is 0. The second-order valence-electron chi connectivity index (χ2n) is 10.1. The van der Waals surface area contributed by atoms with Crippen molar-refractivity contribution >= 4 is 23.8 Å². The number of ether oxygens (including phenoxy) is 3. The van der Waals surface area contributed by atoms with Gasteiger partial charge in [0.25, 0.3) is 0 Å². The SMILES string of the molecule is CC(NC(=O)CNC(=O)OC(C)(C)C)C(=O)C(C)(C)C(=O)OCc1ccccc1.COCc1ccccc1. The van der Waals surface area contributed by atoms with E-state index in [-0.39, 0.29) is 13.2 Å². The molecular formula is C29H40N2O7. The smallest absolute Gasteiger partial charge is 0.408 e. The van der Waals surface area contributed by atoms with Crippen LogP contribution in [0.15, 0.2) is 60.7 Å². The molecule has 2 rings (SSSR count). The van der Waals surface area contributed by atoms with Gasteiger partial charge in [-0.25, -0.2) is 4.79 Å². The van der Waals surface area contributed by atoms with Crippen LogP contribution < -0.4 is 10.6 Å². The number of Topliss-reactive ketones (excluding diaryl/α,β-unsaturated/α-hetero) is 1. The summed E-state index contributed by atoms with van der Waals surface area (Å²) in [7, 11) is 1.70. The fourth-order valence-electron chi connectivity index (χ4n) is 3.11. The third-order valence-electron chi connectivity index (χ3n) is 5.06. The number of esters is 1. The molecule has 0 saturated carbocycles. The molecule has 2 aromatic rings. The van der Waals surface area contributed by atoms with Crippen molar-refractivity contribution in [3.8, 4) is 0 Å². The summed E-state index contributed by atoms with van der Waals surface area (Å²) in [5, 5.41) is 4.77. The van der Waals surface area contributed by atoms with E-state index >= 15 is 0 Å². The highest BCUT2D eigenvalue weighted by molar-refractivity contribution is 6.06. The highest BCUT2D eigenvalue weighted by atomic mass is 16.6. The largest absolute Gasteiger partial charge is 0.460 e. The minimum Gasteiger partial charge on any atom is -0.460 e. The molecule has 38 heavy (non-hydrogen) atoms. The summed E-state index contributed by atoms with van der Waals surface area (Å²) in [6.45, 7) is 9.88. The van der Waals surface area contributed by atoms with Crippen molar-refractivity contribution in [1.82, 2.24) is 10.6 Å². The Morgan fingerprint density at radius 2 is 1.32 bits per heavy atom. The first kappa shape index (κ1) is 32.3. The number of rotatable bonds is 10. The van der Waals surface area contributed by atoms with Crippen LogP contribution in [0, 0.1) is 5.41 Å². The van der Waals surface area contributed by atoms with Gasteiger partial charge in [-0.3, -0.25) is 14.4 Å². The lowest BCUT2D eigenvalue weighted by molar-refractivity contribution is -0.160. The Kier molecular flexibility index (Phi) is 13.2. The van der Waals surface area contributed by atoms with E-state index in [4.69, 9.17) is 14.2 Å². The zero-order valence-electron chi connectivity index (χ0n) is 23.3. The van der Waals surface area contributed by atoms with Gasteiger partial charge in [-0.05, 0) is 52.7 Å². The number of benzene rings is 2. The molecule has 0 heterocycles. The predicted molar refractivity (Wildman–Crippen MR) is 144 cm³/mol. The van der Waals surface area contributed by atoms with Gasteiger partial charge in [0.1, 0.15) is 24.2 Å². The topological polar surface area (TPSA) is 120 Å². The Bertz CT molecular complexity index is 1030. The number of alkyl carbamates (subject to hydrolysis) is 1. The monoisotopic (exact) mass is 528 g/mol. The molecule has 0 fully saturated rings. The number of carbonyl (C=O) groups is 4. The lowest BCUT2D eigenvalue weighted by Crippen LogP contribution is -2.50. The molecule has 2 amide bonds. The quantitative estimate of drug-likeness (QED) is 0.350. The van der Waals surface area contributed by atoms with Crippen LogP contribution in [0.2, 0.25) is 0 Å². The lowest BCUT2D eigenvalue weighted by atomic mass is 9.84. The number of ketones is 1. The molecule has 0 bridgehead atoms. The van der Waals surface area contributed by atoms with Gasteiger partial charge in [0.05, 0.1) is 12.6 Å². The molecule has 1 unspecified atom stereocenters. The summed E-state index contributed by atoms with van der Waals surface area (Å²) < 4.78 is 15.2. The van der Waals surface area contributed by atoms with Crippen molar-refractivity contribution < 1.29 is 33.4 Å². The first-order valence-electron chi connectivity index (χ1n) is 12.3. The van der Waals surface area contributed by atoms with Crippen molar-refractivity contribution in [3.05, 3.63) is 71.8 Å². The second kappa shape index (κ2) is 15.5. The standard InChI is InChI=1S/C21H30N2O6.C8H10O/c1-14(23-16(24)12-22-19(27)29-20(2,3)4)17(25)21(5,6)18(26)28-13-15-10-8-7-9-11-15;1-9-7-8-5-3-2-4-6-8/h7-11,14H,12-13H2,1-6H3,(H,22,27)(H,23,24);2-6H,7H2,1H3. The molecule has 0 radical (unpaired) electrons. The van der Waals surface area contributed by atoms with Gasteiger partial charge in [-0.1, -0.05) is 60.7 Å². The lowest BCUT2D eigenvalue weighted by Gasteiger charge is -2.25. The molecule has 0 saturated heterocycles. The van der Waals surface area contributed by atoms with Crippen LogP contribution in [-0.2, 0) is 41.8 Å². The maximum absolute atomic E-state index is 12.7. The van der Waals surface area contributed by atoms with E-state index in [0.29, 0.717) is 6.61 Å². The molecule has 2 N–H and O–H groups in total. The van der Waals surface area contributed by atoms with E-state index in [0.717, 1.165) is 5.56 Å². The highest BCUT2D eigenvalue weighted by Crippen LogP contribution is 2.22. The average molecular weight is 529 g/mol. The van der Waals surface area contributed by atoms with Crippen LogP contribution in [-0.4, -0.2) is 49.1 Å². The van der Waals surface area contributed by atoms with Crippen LogP contribution in [0.1, 0.15) is 52.7 Å². The number of hydrogen-bond acceptors (Lipinski definition) is 7. The maximum atomic E-state index is 12.7. The van der Waals surface area contributed by atoms with Gasteiger partial charge in [0, 0.05) is 7.11 Å². The van der Waals surface area contributed by atoms with Crippen molar-refractivity contribution in [3.63, 3.8) is 0 Å². The number of hydrogen-bond donors (Lipinski definition) is 2. The van der Waals surface area contributed by atoms with E-state index in [1.807, 2.05) is 60.7 Å². The first-order valence-corrected chi connectivity index (χ1v) is 12.3. The molecule has 1 atom stereocenters. The third kappa shape index (κ3) is 12.5. The minimum absolute atomic E-state index is 0.0525. The first-order chi connectivity index (χ1) is 17.8. The molecule has 0 aliphatic heterocycles. The number of methoxy groups -OCH3 is 1. The van der Waals surface area contributed by atoms with Gasteiger partial charge in [-0.2, -0.15) is 0 Å². The Balaban J connectivity index is 0.000000671. The van der Waals surface area contributed by atoms with Crippen LogP contribution in [0.5, 0.6) is 0 Å². The molecule has 9 heteroatoms. The van der Waals surface area contributed by atoms with E-state index in [2.05, 4.69) is 10.6 Å². The Morgan fingerprint density at radius 1 is 0.816 bits per heavy atom. The van der Waals surface area contributed by atoms with Gasteiger partial charge in [0.2, 0.25) is 5.91 Å². The van der Waals surface area contributed by atoms with Crippen molar-refractivity contribution in [2.45, 2.75) is 66.4 Å². The van der Waals surface area contributed by atoms with E-state index < -0.39 is 40.8 Å². The highest BCUT2D eigenvalue weighted by Gasteiger charge is 2.40. The van der Waals surface area contributed by atoms with Gasteiger partial charge >= 0.3 is 12.1 Å². The molecule has 0 aromatic heterocycles. The summed E-state index contributed by atoms with van der Waals surface area (Å²) in [6.07, 6.45) is -0.739. The zero-order valence-corrected chi connectivity index (χ0v) is 23.3. The molecule has 0 aliphatic carbocycles. The fraction of sp³-hybridized carbons (Fsp3) is 0.448. The maximum Gasteiger partial charge on any atom is 0.408 e. The summed E-state index contributed by atoms with van der Waals surface area (Å²) in [6, 6.07) is 18.3. The van der Waals surface area contributed by atoms with Crippen LogP contribution in [0.4, 0.5) is 4.79 Å². The third-order valence-corrected chi connectivity index (χ3v) is 5.06. The van der Waals surface area contributed by atoms with Gasteiger partial charge in [-0.15, -0.1) is 0 Å². The number of amides is 2. The number of carbonyl (C=O) groups excluding carboxylic acids is 4. The Labute approximate surface area is 225 Å². The summed E-state index contributed by atoms with van der Waals surface area (Å²) in [4.78, 5) is 48.6. The molecular weight excluding hydrogens is 488 g/mol. The molecule has 0 aliphatic rings. The van der Waals surface area contributed by atoms with E-state index in [1.165, 1.54) is 26.3 Å². The van der Waals surface area contributed by atoms with Gasteiger partial charge in [0.15, 0.2) is 5.78 Å². The van der Waals surface area contributed by atoms with Crippen LogP contribution in [0.3, 0.4) is 0 Å². The van der Waals surface area contributed by atoms with Crippen LogP contribution in [0.25, 0.3) is 0 Å². The fourth-order valence-corrected chi connectivity index (χ4v) is 3.11. The van der Waals surface area contributed by atoms with Crippen molar-refractivity contribution in [1.29, 1.82) is 0 Å². The Morgan fingerprint density at radius 3 is 1.79 bits per heavy atom. The Hall–Kier alpha value is -3.72. The second-order valence-corrected chi connectivity index (χ2v) is 10.1. The van der Waals surface area contributed by atoms with Crippen molar-refractivity contribution in [2.24, 2.45) is 5.41 Å². The molecule has 2 aromatic carbocycles. The van der Waals surface area contributed by atoms with E-state index in [9.17, 15) is 19.2 Å². The predicted octanol–water partition coefficient (Wildman–Crippen LogP) is 4.19. The van der Waals surface area contributed by atoms with Gasteiger partial charge < -0.3 is 24.8 Å². The zero-order chi connectivity index (χ0) is 28.8. The normalized spacial score (nSPS) is 11.8.